The van der Waals surface area contributed by atoms with Crippen molar-refractivity contribution in [2.24, 2.45) is 0 Å². The first-order valence-corrected chi connectivity index (χ1v) is 18.0. The summed E-state index contributed by atoms with van der Waals surface area (Å²) in [5, 5.41) is 11.2. The van der Waals surface area contributed by atoms with E-state index in [1.807, 2.05) is 30.5 Å². The number of amides is 2. The largest absolute Gasteiger partial charge is 0.360 e. The number of H-pyrrole nitrogens is 1. The number of hydrogen-bond acceptors (Lipinski definition) is 5. The van der Waals surface area contributed by atoms with E-state index in [1.54, 1.807) is 30.5 Å². The van der Waals surface area contributed by atoms with Crippen LogP contribution in [0.5, 0.6) is 0 Å². The molecule has 0 atom stereocenters. The first-order valence-electron chi connectivity index (χ1n) is 14.2. The van der Waals surface area contributed by atoms with Gasteiger partial charge in [-0.25, -0.2) is 9.97 Å². The van der Waals surface area contributed by atoms with Crippen LogP contribution in [0.15, 0.2) is 60.9 Å². The minimum Gasteiger partial charge on any atom is -0.360 e. The molecule has 0 spiro atoms. The number of nitrogens with one attached hydrogen (secondary N) is 4. The van der Waals surface area contributed by atoms with Crippen molar-refractivity contribution in [2.75, 3.05) is 10.6 Å². The standard InChI is InChI=1S/C32H33ClN6O2Si/c1-42(2,3)16-13-27(40)36-22-11-9-21(10-12-22)29(41)38-31-14-6-15-32(19-31,20-31)39-30-35-18-25(33)28(37-30)24-17-34-26-8-5-4-7-23(24)26/h4-5,7-12,17-18,34H,6,14-15,19-20H2,1-3H3,(H,36,40)(H,38,41)(H,35,37,39). The molecular formula is C32H33ClN6O2Si. The molecular weight excluding hydrogens is 564 g/mol. The Morgan fingerprint density at radius 3 is 2.52 bits per heavy atom. The summed E-state index contributed by atoms with van der Waals surface area (Å²) in [6.07, 6.45) is 8.05. The van der Waals surface area contributed by atoms with Gasteiger partial charge in [-0.3, -0.25) is 9.59 Å². The fourth-order valence-electron chi connectivity index (χ4n) is 6.21. The van der Waals surface area contributed by atoms with Crippen molar-refractivity contribution in [3.8, 4) is 22.7 Å². The van der Waals surface area contributed by atoms with Gasteiger partial charge in [-0.05, 0) is 68.4 Å². The number of aromatic amines is 1. The van der Waals surface area contributed by atoms with E-state index < -0.39 is 8.07 Å². The average molecular weight is 597 g/mol. The molecule has 0 saturated heterocycles. The van der Waals surface area contributed by atoms with E-state index in [1.165, 1.54) is 0 Å². The Balaban J connectivity index is 1.11. The van der Waals surface area contributed by atoms with Crippen LogP contribution < -0.4 is 16.0 Å². The lowest BCUT2D eigenvalue weighted by molar-refractivity contribution is -0.111. The molecule has 2 bridgehead atoms. The summed E-state index contributed by atoms with van der Waals surface area (Å²) in [5.74, 6) is 2.75. The summed E-state index contributed by atoms with van der Waals surface area (Å²) in [6, 6.07) is 15.0. The Bertz CT molecular complexity index is 1740. The Hall–Kier alpha value is -4.13. The second kappa shape index (κ2) is 10.6. The first-order chi connectivity index (χ1) is 20.0. The van der Waals surface area contributed by atoms with E-state index in [-0.39, 0.29) is 22.9 Å². The van der Waals surface area contributed by atoms with Gasteiger partial charge in [0.05, 0.1) is 16.9 Å². The summed E-state index contributed by atoms with van der Waals surface area (Å²) in [5.41, 5.74) is 6.40. The fraction of sp³-hybridized carbons (Fsp3) is 0.312. The molecule has 10 heteroatoms. The lowest BCUT2D eigenvalue weighted by atomic mass is 9.54. The number of fused-ring (bicyclic) bond motifs is 3. The van der Waals surface area contributed by atoms with Crippen molar-refractivity contribution in [1.29, 1.82) is 0 Å². The molecule has 0 aliphatic heterocycles. The number of nitrogens with zero attached hydrogens (tertiary/aromatic N) is 2. The van der Waals surface area contributed by atoms with Crippen LogP contribution in [0.2, 0.25) is 24.7 Å². The molecule has 7 rings (SSSR count). The summed E-state index contributed by atoms with van der Waals surface area (Å²) in [7, 11) is -1.63. The van der Waals surface area contributed by atoms with E-state index in [9.17, 15) is 9.59 Å². The van der Waals surface area contributed by atoms with Crippen molar-refractivity contribution < 1.29 is 9.59 Å². The van der Waals surface area contributed by atoms with E-state index in [0.29, 0.717) is 27.9 Å². The van der Waals surface area contributed by atoms with Crippen LogP contribution in [-0.2, 0) is 4.79 Å². The molecule has 3 aliphatic carbocycles. The monoisotopic (exact) mass is 596 g/mol. The maximum absolute atomic E-state index is 13.2. The number of benzene rings is 2. The zero-order valence-electron chi connectivity index (χ0n) is 23.9. The first kappa shape index (κ1) is 28.0. The molecule has 42 heavy (non-hydrogen) atoms. The number of para-hydroxylation sites is 1. The topological polar surface area (TPSA) is 112 Å². The van der Waals surface area contributed by atoms with E-state index in [4.69, 9.17) is 16.6 Å². The predicted molar refractivity (Wildman–Crippen MR) is 170 cm³/mol. The Labute approximate surface area is 251 Å². The summed E-state index contributed by atoms with van der Waals surface area (Å²) in [4.78, 5) is 37.9. The Morgan fingerprint density at radius 1 is 1.02 bits per heavy atom. The van der Waals surface area contributed by atoms with Crippen LogP contribution in [0.3, 0.4) is 0 Å². The van der Waals surface area contributed by atoms with Gasteiger partial charge in [0.25, 0.3) is 11.8 Å². The molecule has 3 aliphatic rings. The van der Waals surface area contributed by atoms with Crippen molar-refractivity contribution in [1.82, 2.24) is 20.3 Å². The predicted octanol–water partition coefficient (Wildman–Crippen LogP) is 6.39. The van der Waals surface area contributed by atoms with Crippen LogP contribution in [-0.4, -0.2) is 45.9 Å². The number of anilines is 2. The van der Waals surface area contributed by atoms with Gasteiger partial charge >= 0.3 is 0 Å². The maximum atomic E-state index is 13.2. The van der Waals surface area contributed by atoms with Gasteiger partial charge in [0.1, 0.15) is 8.07 Å². The smallest absolute Gasteiger partial charge is 0.299 e. The zero-order chi connectivity index (χ0) is 29.5. The van der Waals surface area contributed by atoms with Crippen molar-refractivity contribution in [3.63, 3.8) is 0 Å². The number of carbonyl (C=O) groups excluding carboxylic acids is 2. The van der Waals surface area contributed by atoms with Crippen LogP contribution in [0.25, 0.3) is 22.2 Å². The highest BCUT2D eigenvalue weighted by Crippen LogP contribution is 2.53. The molecule has 8 nitrogen and oxygen atoms in total. The maximum Gasteiger partial charge on any atom is 0.299 e. The lowest BCUT2D eigenvalue weighted by Crippen LogP contribution is -2.70. The van der Waals surface area contributed by atoms with Crippen molar-refractivity contribution >= 4 is 54.0 Å². The summed E-state index contributed by atoms with van der Waals surface area (Å²) >= 11 is 6.54. The molecule has 0 radical (unpaired) electrons. The highest BCUT2D eigenvalue weighted by Gasteiger charge is 2.58. The highest BCUT2D eigenvalue weighted by atomic mass is 35.5. The quantitative estimate of drug-likeness (QED) is 0.152. The molecule has 0 unspecified atom stereocenters. The van der Waals surface area contributed by atoms with Crippen molar-refractivity contribution in [2.45, 2.75) is 62.8 Å². The molecule has 3 saturated carbocycles. The van der Waals surface area contributed by atoms with Gasteiger partial charge in [0.2, 0.25) is 5.95 Å². The Kier molecular flexibility index (Phi) is 7.07. The van der Waals surface area contributed by atoms with Gasteiger partial charge in [0.15, 0.2) is 0 Å². The second-order valence-electron chi connectivity index (χ2n) is 12.5. The van der Waals surface area contributed by atoms with Crippen LogP contribution in [0.1, 0.15) is 42.5 Å². The molecule has 4 aromatic rings. The Morgan fingerprint density at radius 2 is 1.76 bits per heavy atom. The van der Waals surface area contributed by atoms with Gasteiger partial charge in [-0.15, -0.1) is 5.54 Å². The van der Waals surface area contributed by atoms with E-state index in [0.717, 1.165) is 48.6 Å². The van der Waals surface area contributed by atoms with Gasteiger partial charge in [-0.2, -0.15) is 0 Å². The highest BCUT2D eigenvalue weighted by molar-refractivity contribution is 6.84. The van der Waals surface area contributed by atoms with E-state index >= 15 is 0 Å². The normalized spacial score (nSPS) is 21.0. The van der Waals surface area contributed by atoms with Crippen LogP contribution >= 0.6 is 11.6 Å². The van der Waals surface area contributed by atoms with E-state index in [2.05, 4.69) is 57.0 Å². The second-order valence-corrected chi connectivity index (χ2v) is 17.7. The molecule has 2 amide bonds. The minimum absolute atomic E-state index is 0.119. The summed E-state index contributed by atoms with van der Waals surface area (Å²) < 4.78 is 0. The lowest BCUT2D eigenvalue weighted by Gasteiger charge is -2.60. The third-order valence-corrected chi connectivity index (χ3v) is 9.12. The molecule has 2 aromatic heterocycles. The number of halogens is 1. The third kappa shape index (κ3) is 5.78. The zero-order valence-corrected chi connectivity index (χ0v) is 25.7. The summed E-state index contributed by atoms with van der Waals surface area (Å²) in [6.45, 7) is 6.26. The van der Waals surface area contributed by atoms with Crippen LogP contribution in [0, 0.1) is 11.5 Å². The molecule has 2 aromatic carbocycles. The molecule has 2 heterocycles. The molecule has 214 valence electrons. The number of hydrogen-bond donors (Lipinski definition) is 4. The number of aromatic nitrogens is 3. The van der Waals surface area contributed by atoms with Gasteiger partial charge in [-0.1, -0.05) is 49.4 Å². The third-order valence-electron chi connectivity index (χ3n) is 7.96. The average Bonchev–Trinajstić information content (AvgIpc) is 3.37. The fourth-order valence-corrected chi connectivity index (χ4v) is 6.89. The number of carbonyl (C=O) groups is 2. The molecule has 4 N–H and O–H groups in total. The van der Waals surface area contributed by atoms with Crippen molar-refractivity contribution in [3.05, 3.63) is 71.5 Å². The number of rotatable bonds is 6. The SMILES string of the molecule is C[Si](C)(C)C#CC(=O)Nc1ccc(C(=O)NC23CCCC(Nc4ncc(Cl)c(-c5c[nH]c6ccccc56)n4)(C2)C3)cc1. The minimum atomic E-state index is -1.63. The molecule has 3 fully saturated rings. The van der Waals surface area contributed by atoms with Gasteiger partial charge in [0, 0.05) is 45.0 Å². The van der Waals surface area contributed by atoms with Gasteiger partial charge < -0.3 is 20.9 Å². The van der Waals surface area contributed by atoms with Crippen LogP contribution in [0.4, 0.5) is 11.6 Å².